The third kappa shape index (κ3) is 2.55. The molecule has 0 unspecified atom stereocenters. The van der Waals surface area contributed by atoms with Crippen LogP contribution in [0.25, 0.3) is 0 Å². The van der Waals surface area contributed by atoms with Gasteiger partial charge >= 0.3 is 0 Å². The summed E-state index contributed by atoms with van der Waals surface area (Å²) in [5, 5.41) is 0. The number of rotatable bonds is 3. The Kier molecular flexibility index (Phi) is 3.81. The van der Waals surface area contributed by atoms with Crippen molar-refractivity contribution in [3.05, 3.63) is 30.1 Å². The lowest BCUT2D eigenvalue weighted by molar-refractivity contribution is 0.418. The van der Waals surface area contributed by atoms with E-state index in [0.29, 0.717) is 6.04 Å². The molecule has 0 atom stereocenters. The normalized spacial score (nSPS) is 17.4. The first-order chi connectivity index (χ1) is 7.81. The van der Waals surface area contributed by atoms with Crippen LogP contribution < -0.4 is 4.90 Å². The molecule has 1 aromatic carbocycles. The van der Waals surface area contributed by atoms with Crippen molar-refractivity contribution < 1.29 is 4.39 Å². The minimum absolute atomic E-state index is 0.150. The average Bonchev–Trinajstić information content (AvgIpc) is 2.34. The minimum atomic E-state index is -0.150. The van der Waals surface area contributed by atoms with Gasteiger partial charge in [-0.15, -0.1) is 0 Å². The van der Waals surface area contributed by atoms with Gasteiger partial charge in [-0.2, -0.15) is 0 Å². The number of nitrogens with zero attached hydrogens (tertiary/aromatic N) is 1. The van der Waals surface area contributed by atoms with Crippen molar-refractivity contribution in [1.29, 1.82) is 0 Å². The molecule has 1 aliphatic carbocycles. The summed E-state index contributed by atoms with van der Waals surface area (Å²) in [5.74, 6) is -0.150. The number of halogens is 1. The van der Waals surface area contributed by atoms with Gasteiger partial charge in [-0.1, -0.05) is 19.3 Å². The SMILES string of the molecule is CCN(c1ccc(F)cc1)C1CCCCC1. The van der Waals surface area contributed by atoms with E-state index in [1.807, 2.05) is 12.1 Å². The molecule has 1 saturated carbocycles. The van der Waals surface area contributed by atoms with E-state index in [1.54, 1.807) is 12.1 Å². The van der Waals surface area contributed by atoms with Crippen molar-refractivity contribution >= 4 is 5.69 Å². The van der Waals surface area contributed by atoms with Gasteiger partial charge in [-0.05, 0) is 44.0 Å². The zero-order valence-corrected chi connectivity index (χ0v) is 9.95. The van der Waals surface area contributed by atoms with Gasteiger partial charge in [0.2, 0.25) is 0 Å². The summed E-state index contributed by atoms with van der Waals surface area (Å²) < 4.78 is 12.9. The number of hydrogen-bond acceptors (Lipinski definition) is 1. The monoisotopic (exact) mass is 221 g/mol. The van der Waals surface area contributed by atoms with E-state index in [2.05, 4.69) is 11.8 Å². The third-order valence-electron chi connectivity index (χ3n) is 3.51. The van der Waals surface area contributed by atoms with E-state index >= 15 is 0 Å². The summed E-state index contributed by atoms with van der Waals surface area (Å²) in [4.78, 5) is 2.42. The van der Waals surface area contributed by atoms with Crippen molar-refractivity contribution in [3.8, 4) is 0 Å². The molecule has 0 heterocycles. The van der Waals surface area contributed by atoms with Crippen LogP contribution in [0, 0.1) is 5.82 Å². The van der Waals surface area contributed by atoms with Crippen molar-refractivity contribution in [2.45, 2.75) is 45.1 Å². The van der Waals surface area contributed by atoms with Gasteiger partial charge in [-0.25, -0.2) is 4.39 Å². The Bertz CT molecular complexity index is 314. The second-order valence-electron chi connectivity index (χ2n) is 4.55. The first-order valence-electron chi connectivity index (χ1n) is 6.33. The zero-order chi connectivity index (χ0) is 11.4. The summed E-state index contributed by atoms with van der Waals surface area (Å²) >= 11 is 0. The smallest absolute Gasteiger partial charge is 0.123 e. The molecular formula is C14H20FN. The van der Waals surface area contributed by atoms with Gasteiger partial charge in [0.05, 0.1) is 0 Å². The Morgan fingerprint density at radius 1 is 1.12 bits per heavy atom. The van der Waals surface area contributed by atoms with Crippen molar-refractivity contribution in [2.75, 3.05) is 11.4 Å². The molecule has 2 heteroatoms. The third-order valence-corrected chi connectivity index (χ3v) is 3.51. The molecule has 0 saturated heterocycles. The van der Waals surface area contributed by atoms with Gasteiger partial charge in [0.15, 0.2) is 0 Å². The summed E-state index contributed by atoms with van der Waals surface area (Å²) in [6, 6.07) is 7.56. The highest BCUT2D eigenvalue weighted by Crippen LogP contribution is 2.27. The lowest BCUT2D eigenvalue weighted by atomic mass is 9.94. The zero-order valence-electron chi connectivity index (χ0n) is 9.95. The highest BCUT2D eigenvalue weighted by molar-refractivity contribution is 5.47. The van der Waals surface area contributed by atoms with Crippen LogP contribution in [0.5, 0.6) is 0 Å². The second kappa shape index (κ2) is 5.33. The molecule has 1 nitrogen and oxygen atoms in total. The lowest BCUT2D eigenvalue weighted by Gasteiger charge is -2.35. The van der Waals surface area contributed by atoms with E-state index in [0.717, 1.165) is 12.2 Å². The maximum Gasteiger partial charge on any atom is 0.123 e. The standard InChI is InChI=1S/C14H20FN/c1-2-16(13-6-4-3-5-7-13)14-10-8-12(15)9-11-14/h8-11,13H,2-7H2,1H3. The number of benzene rings is 1. The van der Waals surface area contributed by atoms with Gasteiger partial charge in [-0.3, -0.25) is 0 Å². The highest BCUT2D eigenvalue weighted by Gasteiger charge is 2.19. The summed E-state index contributed by atoms with van der Waals surface area (Å²) in [6.07, 6.45) is 6.61. The molecule has 0 radical (unpaired) electrons. The van der Waals surface area contributed by atoms with E-state index in [-0.39, 0.29) is 5.82 Å². The molecule has 2 rings (SSSR count). The predicted molar refractivity (Wildman–Crippen MR) is 66.3 cm³/mol. The van der Waals surface area contributed by atoms with Crippen LogP contribution in [0.4, 0.5) is 10.1 Å². The molecule has 0 amide bonds. The fourth-order valence-corrected chi connectivity index (χ4v) is 2.68. The Hall–Kier alpha value is -1.05. The molecular weight excluding hydrogens is 201 g/mol. The van der Waals surface area contributed by atoms with E-state index < -0.39 is 0 Å². The van der Waals surface area contributed by atoms with Gasteiger partial charge < -0.3 is 4.90 Å². The Morgan fingerprint density at radius 3 is 2.31 bits per heavy atom. The van der Waals surface area contributed by atoms with Gasteiger partial charge in [0.1, 0.15) is 5.82 Å². The van der Waals surface area contributed by atoms with E-state index in [4.69, 9.17) is 0 Å². The fourth-order valence-electron chi connectivity index (χ4n) is 2.68. The van der Waals surface area contributed by atoms with E-state index in [1.165, 1.54) is 32.1 Å². The molecule has 0 spiro atoms. The largest absolute Gasteiger partial charge is 0.369 e. The number of anilines is 1. The summed E-state index contributed by atoms with van der Waals surface area (Å²) in [6.45, 7) is 3.19. The first-order valence-corrected chi connectivity index (χ1v) is 6.33. The predicted octanol–water partition coefficient (Wildman–Crippen LogP) is 3.98. The molecule has 0 aromatic heterocycles. The molecule has 16 heavy (non-hydrogen) atoms. The van der Waals surface area contributed by atoms with Crippen molar-refractivity contribution in [3.63, 3.8) is 0 Å². The van der Waals surface area contributed by atoms with Crippen LogP contribution in [0.1, 0.15) is 39.0 Å². The van der Waals surface area contributed by atoms with Gasteiger partial charge in [0.25, 0.3) is 0 Å². The fraction of sp³-hybridized carbons (Fsp3) is 0.571. The molecule has 0 N–H and O–H groups in total. The van der Waals surface area contributed by atoms with Crippen LogP contribution >= 0.6 is 0 Å². The Balaban J connectivity index is 2.11. The summed E-state index contributed by atoms with van der Waals surface area (Å²) in [5.41, 5.74) is 1.16. The Labute approximate surface area is 97.3 Å². The molecule has 1 aliphatic rings. The Morgan fingerprint density at radius 2 is 1.75 bits per heavy atom. The van der Waals surface area contributed by atoms with Gasteiger partial charge in [0, 0.05) is 18.3 Å². The topological polar surface area (TPSA) is 3.24 Å². The first kappa shape index (κ1) is 11.4. The highest BCUT2D eigenvalue weighted by atomic mass is 19.1. The second-order valence-corrected chi connectivity index (χ2v) is 4.55. The van der Waals surface area contributed by atoms with Crippen molar-refractivity contribution in [1.82, 2.24) is 0 Å². The van der Waals surface area contributed by atoms with Crippen LogP contribution in [-0.2, 0) is 0 Å². The molecule has 0 bridgehead atoms. The quantitative estimate of drug-likeness (QED) is 0.746. The molecule has 0 aliphatic heterocycles. The van der Waals surface area contributed by atoms with Crippen LogP contribution in [0.3, 0.4) is 0 Å². The van der Waals surface area contributed by atoms with Crippen molar-refractivity contribution in [2.24, 2.45) is 0 Å². The van der Waals surface area contributed by atoms with Crippen LogP contribution in [0.15, 0.2) is 24.3 Å². The van der Waals surface area contributed by atoms with Crippen LogP contribution in [0.2, 0.25) is 0 Å². The minimum Gasteiger partial charge on any atom is -0.369 e. The molecule has 1 fully saturated rings. The molecule has 88 valence electrons. The molecule has 1 aromatic rings. The number of hydrogen-bond donors (Lipinski definition) is 0. The maximum atomic E-state index is 12.9. The lowest BCUT2D eigenvalue weighted by Crippen LogP contribution is -2.36. The maximum absolute atomic E-state index is 12.9. The van der Waals surface area contributed by atoms with E-state index in [9.17, 15) is 4.39 Å². The average molecular weight is 221 g/mol. The van der Waals surface area contributed by atoms with Crippen LogP contribution in [-0.4, -0.2) is 12.6 Å². The summed E-state index contributed by atoms with van der Waals surface area (Å²) in [7, 11) is 0.